The molecule has 3 heterocycles. The molecule has 3 aromatic rings. The molecule has 2 aromatic heterocycles. The lowest BCUT2D eigenvalue weighted by molar-refractivity contribution is 0.556. The summed E-state index contributed by atoms with van der Waals surface area (Å²) in [5.41, 5.74) is 1.82. The Hall–Kier alpha value is -3.01. The van der Waals surface area contributed by atoms with E-state index in [0.717, 1.165) is 37.6 Å². The third kappa shape index (κ3) is 3.74. The van der Waals surface area contributed by atoms with Crippen LogP contribution in [0.1, 0.15) is 20.8 Å². The third-order valence-corrected chi connectivity index (χ3v) is 7.59. The zero-order valence-corrected chi connectivity index (χ0v) is 18.1. The summed E-state index contributed by atoms with van der Waals surface area (Å²) in [6.07, 6.45) is 1.64. The van der Waals surface area contributed by atoms with Gasteiger partial charge in [0.05, 0.1) is 22.3 Å². The molecule has 9 nitrogen and oxygen atoms in total. The van der Waals surface area contributed by atoms with E-state index >= 15 is 0 Å². The van der Waals surface area contributed by atoms with E-state index < -0.39 is 14.6 Å². The van der Waals surface area contributed by atoms with Gasteiger partial charge in [0.1, 0.15) is 0 Å². The van der Waals surface area contributed by atoms with Gasteiger partial charge in [-0.25, -0.2) is 13.4 Å². The highest BCUT2D eigenvalue weighted by Gasteiger charge is 2.32. The van der Waals surface area contributed by atoms with Crippen LogP contribution in [0.3, 0.4) is 0 Å². The number of rotatable bonds is 4. The van der Waals surface area contributed by atoms with Crippen molar-refractivity contribution in [3.63, 3.8) is 0 Å². The highest BCUT2D eigenvalue weighted by atomic mass is 32.2. The summed E-state index contributed by atoms with van der Waals surface area (Å²) in [4.78, 5) is 8.57. The molecule has 1 fully saturated rings. The number of aromatic nitrogens is 5. The van der Waals surface area contributed by atoms with Crippen molar-refractivity contribution in [2.75, 3.05) is 36.0 Å². The molecule has 0 spiro atoms. The highest BCUT2D eigenvalue weighted by molar-refractivity contribution is 7.92. The molecular weight excluding hydrogens is 402 g/mol. The van der Waals surface area contributed by atoms with Crippen LogP contribution in [0.4, 0.5) is 11.6 Å². The SMILES string of the molecule is CC(C)(C)S(=O)(=O)c1ccc(N2CCN(c3nnnn3-c3ccccc3)CC2)cn1. The molecule has 1 aliphatic rings. The van der Waals surface area contributed by atoms with E-state index in [4.69, 9.17) is 0 Å². The van der Waals surface area contributed by atoms with Gasteiger partial charge in [-0.1, -0.05) is 23.3 Å². The lowest BCUT2D eigenvalue weighted by Gasteiger charge is -2.36. The first-order valence-electron chi connectivity index (χ1n) is 9.82. The molecule has 0 unspecified atom stereocenters. The largest absolute Gasteiger partial charge is 0.367 e. The molecule has 158 valence electrons. The van der Waals surface area contributed by atoms with Crippen LogP contribution in [-0.4, -0.2) is 64.5 Å². The van der Waals surface area contributed by atoms with E-state index in [1.54, 1.807) is 37.7 Å². The topological polar surface area (TPSA) is 97.1 Å². The molecule has 1 aromatic carbocycles. The number of anilines is 2. The Kier molecular flexibility index (Phi) is 5.19. The van der Waals surface area contributed by atoms with E-state index in [9.17, 15) is 8.42 Å². The summed E-state index contributed by atoms with van der Waals surface area (Å²) in [6, 6.07) is 13.2. The van der Waals surface area contributed by atoms with Crippen molar-refractivity contribution in [1.29, 1.82) is 0 Å². The molecule has 4 rings (SSSR count). The molecule has 30 heavy (non-hydrogen) atoms. The van der Waals surface area contributed by atoms with Crippen molar-refractivity contribution in [2.45, 2.75) is 30.5 Å². The monoisotopic (exact) mass is 427 g/mol. The van der Waals surface area contributed by atoms with Crippen molar-refractivity contribution in [1.82, 2.24) is 25.2 Å². The normalized spacial score (nSPS) is 15.4. The van der Waals surface area contributed by atoms with Crippen molar-refractivity contribution < 1.29 is 8.42 Å². The number of sulfone groups is 1. The van der Waals surface area contributed by atoms with E-state index in [1.807, 2.05) is 36.4 Å². The molecule has 0 N–H and O–H groups in total. The molecule has 0 aliphatic carbocycles. The number of hydrogen-bond acceptors (Lipinski definition) is 8. The van der Waals surface area contributed by atoms with Crippen LogP contribution >= 0.6 is 0 Å². The van der Waals surface area contributed by atoms with E-state index in [1.165, 1.54) is 0 Å². The average Bonchev–Trinajstić information content (AvgIpc) is 3.24. The molecule has 0 radical (unpaired) electrons. The van der Waals surface area contributed by atoms with Gasteiger partial charge in [-0.2, -0.15) is 4.68 Å². The maximum absolute atomic E-state index is 12.6. The van der Waals surface area contributed by atoms with Gasteiger partial charge in [0.25, 0.3) is 0 Å². The maximum Gasteiger partial charge on any atom is 0.250 e. The number of tetrazole rings is 1. The quantitative estimate of drug-likeness (QED) is 0.623. The van der Waals surface area contributed by atoms with Crippen LogP contribution < -0.4 is 9.80 Å². The Morgan fingerprint density at radius 2 is 1.53 bits per heavy atom. The number of hydrogen-bond donors (Lipinski definition) is 0. The van der Waals surface area contributed by atoms with Crippen molar-refractivity contribution in [3.05, 3.63) is 48.7 Å². The average molecular weight is 428 g/mol. The fraction of sp³-hybridized carbons (Fsp3) is 0.400. The predicted molar refractivity (Wildman–Crippen MR) is 115 cm³/mol. The van der Waals surface area contributed by atoms with Crippen molar-refractivity contribution >= 4 is 21.5 Å². The van der Waals surface area contributed by atoms with E-state index in [2.05, 4.69) is 30.3 Å². The maximum atomic E-state index is 12.6. The Morgan fingerprint density at radius 3 is 2.13 bits per heavy atom. The van der Waals surface area contributed by atoms with Crippen LogP contribution in [0, 0.1) is 0 Å². The number of nitrogens with zero attached hydrogens (tertiary/aromatic N) is 7. The molecule has 0 bridgehead atoms. The lowest BCUT2D eigenvalue weighted by atomic mass is 10.3. The standard InChI is InChI=1S/C20H25N7O2S/c1-20(2,3)30(28,29)18-10-9-17(15-21-18)25-11-13-26(14-12-25)19-22-23-24-27(19)16-7-5-4-6-8-16/h4-10,15H,11-14H2,1-3H3. The van der Waals surface area contributed by atoms with E-state index in [-0.39, 0.29) is 5.03 Å². The Morgan fingerprint density at radius 1 is 0.867 bits per heavy atom. The number of piperazine rings is 1. The lowest BCUT2D eigenvalue weighted by Crippen LogP contribution is -2.47. The first-order valence-corrected chi connectivity index (χ1v) is 11.3. The number of benzene rings is 1. The van der Waals surface area contributed by atoms with Crippen LogP contribution in [0.15, 0.2) is 53.7 Å². The van der Waals surface area contributed by atoms with E-state index in [0.29, 0.717) is 5.95 Å². The summed E-state index contributed by atoms with van der Waals surface area (Å²) >= 11 is 0. The van der Waals surface area contributed by atoms with Gasteiger partial charge in [-0.3, -0.25) is 0 Å². The molecule has 0 atom stereocenters. The van der Waals surface area contributed by atoms with Crippen LogP contribution in [0.25, 0.3) is 5.69 Å². The first-order chi connectivity index (χ1) is 14.3. The smallest absolute Gasteiger partial charge is 0.250 e. The predicted octanol–water partition coefficient (Wildman–Crippen LogP) is 1.96. The molecule has 0 amide bonds. The van der Waals surface area contributed by atoms with Crippen molar-refractivity contribution in [2.24, 2.45) is 0 Å². The van der Waals surface area contributed by atoms with Gasteiger partial charge in [-0.05, 0) is 55.5 Å². The number of para-hydroxylation sites is 1. The minimum Gasteiger partial charge on any atom is -0.367 e. The summed E-state index contributed by atoms with van der Waals surface area (Å²) in [6.45, 7) is 8.05. The third-order valence-electron chi connectivity index (χ3n) is 5.18. The van der Waals surface area contributed by atoms with Gasteiger partial charge >= 0.3 is 0 Å². The first kappa shape index (κ1) is 20.3. The molecule has 1 aliphatic heterocycles. The minimum absolute atomic E-state index is 0.111. The second-order valence-corrected chi connectivity index (χ2v) is 10.8. The van der Waals surface area contributed by atoms with Gasteiger partial charge < -0.3 is 9.80 Å². The van der Waals surface area contributed by atoms with Crippen LogP contribution in [0.2, 0.25) is 0 Å². The second kappa shape index (κ2) is 7.67. The minimum atomic E-state index is -3.46. The summed E-state index contributed by atoms with van der Waals surface area (Å²) in [7, 11) is -3.46. The zero-order valence-electron chi connectivity index (χ0n) is 17.3. The Bertz CT molecular complexity index is 1100. The van der Waals surface area contributed by atoms with Gasteiger partial charge in [-0.15, -0.1) is 0 Å². The fourth-order valence-corrected chi connectivity index (χ4v) is 4.38. The molecule has 1 saturated heterocycles. The van der Waals surface area contributed by atoms with Gasteiger partial charge in [0, 0.05) is 26.2 Å². The fourth-order valence-electron chi connectivity index (χ4n) is 3.31. The molecule has 0 saturated carbocycles. The number of pyridine rings is 1. The Balaban J connectivity index is 1.46. The second-order valence-electron chi connectivity index (χ2n) is 8.17. The van der Waals surface area contributed by atoms with Gasteiger partial charge in [0.15, 0.2) is 14.9 Å². The molecule has 10 heteroatoms. The van der Waals surface area contributed by atoms with Crippen LogP contribution in [-0.2, 0) is 9.84 Å². The summed E-state index contributed by atoms with van der Waals surface area (Å²) < 4.78 is 26.0. The molecular formula is C20H25N7O2S. The van der Waals surface area contributed by atoms with Gasteiger partial charge in [0.2, 0.25) is 5.95 Å². The summed E-state index contributed by atoms with van der Waals surface area (Å²) in [5, 5.41) is 12.3. The summed E-state index contributed by atoms with van der Waals surface area (Å²) in [5.74, 6) is 0.714. The van der Waals surface area contributed by atoms with Crippen LogP contribution in [0.5, 0.6) is 0 Å². The highest BCUT2D eigenvalue weighted by Crippen LogP contribution is 2.25. The van der Waals surface area contributed by atoms with Crippen molar-refractivity contribution in [3.8, 4) is 5.69 Å². The zero-order chi connectivity index (χ0) is 21.4. The Labute approximate surface area is 176 Å².